The Kier molecular flexibility index (Phi) is 8.45. The van der Waals surface area contributed by atoms with E-state index < -0.39 is 53.7 Å². The first-order chi connectivity index (χ1) is 14.2. The second kappa shape index (κ2) is 10.4. The van der Waals surface area contributed by atoms with Crippen LogP contribution >= 0.6 is 0 Å². The van der Waals surface area contributed by atoms with Gasteiger partial charge in [0.1, 0.15) is 6.10 Å². The van der Waals surface area contributed by atoms with E-state index in [0.29, 0.717) is 12.8 Å². The zero-order valence-corrected chi connectivity index (χ0v) is 17.8. The maximum absolute atomic E-state index is 15.3. The number of rotatable bonds is 8. The molecule has 0 amide bonds. The average Bonchev–Trinajstić information content (AvgIpc) is 3.17. The summed E-state index contributed by atoms with van der Waals surface area (Å²) in [5.74, 6) is -1.27. The van der Waals surface area contributed by atoms with Crippen LogP contribution in [0.1, 0.15) is 46.0 Å². The molecule has 5 nitrogen and oxygen atoms in total. The van der Waals surface area contributed by atoms with Gasteiger partial charge in [0.15, 0.2) is 5.76 Å². The Morgan fingerprint density at radius 3 is 2.80 bits per heavy atom. The maximum Gasteiger partial charge on any atom is 0.310 e. The Morgan fingerprint density at radius 1 is 1.50 bits per heavy atom. The number of aliphatic hydroxyl groups is 2. The third-order valence-electron chi connectivity index (χ3n) is 6.11. The standard InChI is InChI=1S/C23H32F2O5/c1-5-7-10-15(14(3)16(26)6-2)21-17(27)13-18-22(21)23(24,25)19(30-18)11-8-9-12-20(28)29-4/h6,11,14-18,21-22,26-27H,2,5,8-9,12-13H2,1,3-4H3/t14?,15?,16-,17-,18+,21+,22+/m1/s1. The van der Waals surface area contributed by atoms with Gasteiger partial charge in [0.05, 0.1) is 25.2 Å². The average molecular weight is 427 g/mol. The van der Waals surface area contributed by atoms with Crippen molar-refractivity contribution in [2.45, 2.75) is 70.2 Å². The topological polar surface area (TPSA) is 76.0 Å². The van der Waals surface area contributed by atoms with Gasteiger partial charge in [-0.05, 0) is 24.8 Å². The van der Waals surface area contributed by atoms with Gasteiger partial charge in [0.25, 0.3) is 0 Å². The van der Waals surface area contributed by atoms with E-state index in [1.165, 1.54) is 19.3 Å². The summed E-state index contributed by atoms with van der Waals surface area (Å²) in [6.07, 6.45) is 1.38. The molecule has 2 aliphatic rings. The minimum absolute atomic E-state index is 0.0889. The minimum Gasteiger partial charge on any atom is -0.488 e. The van der Waals surface area contributed by atoms with Crippen molar-refractivity contribution >= 4 is 5.97 Å². The second-order valence-electron chi connectivity index (χ2n) is 8.01. The molecule has 2 rings (SSSR count). The van der Waals surface area contributed by atoms with E-state index in [9.17, 15) is 15.0 Å². The lowest BCUT2D eigenvalue weighted by atomic mass is 9.72. The third-order valence-corrected chi connectivity index (χ3v) is 6.11. The molecular weight excluding hydrogens is 394 g/mol. The Balaban J connectivity index is 2.26. The lowest BCUT2D eigenvalue weighted by Crippen LogP contribution is -2.41. The van der Waals surface area contributed by atoms with Crippen molar-refractivity contribution in [3.05, 3.63) is 24.5 Å². The lowest BCUT2D eigenvalue weighted by molar-refractivity contribution is -0.140. The molecule has 2 fully saturated rings. The fourth-order valence-electron chi connectivity index (χ4n) is 4.49. The van der Waals surface area contributed by atoms with Crippen LogP contribution in [-0.2, 0) is 14.3 Å². The van der Waals surface area contributed by atoms with E-state index in [1.807, 2.05) is 6.92 Å². The second-order valence-corrected chi connectivity index (χ2v) is 8.01. The van der Waals surface area contributed by atoms with Crippen LogP contribution in [0.25, 0.3) is 0 Å². The highest BCUT2D eigenvalue weighted by Gasteiger charge is 2.65. The van der Waals surface area contributed by atoms with Crippen molar-refractivity contribution in [1.29, 1.82) is 0 Å². The van der Waals surface area contributed by atoms with Crippen LogP contribution in [0.5, 0.6) is 0 Å². The zero-order valence-electron chi connectivity index (χ0n) is 17.8. The summed E-state index contributed by atoms with van der Waals surface area (Å²) < 4.78 is 40.8. The van der Waals surface area contributed by atoms with E-state index in [0.717, 1.165) is 0 Å². The summed E-state index contributed by atoms with van der Waals surface area (Å²) in [4.78, 5) is 11.2. The number of unbranched alkanes of at least 4 members (excludes halogenated alkanes) is 1. The van der Waals surface area contributed by atoms with E-state index >= 15 is 8.78 Å². The SMILES string of the molecule is C=C[C@@H](O)C(C)C(C#CCC)[C@@H]1[C@@H]2[C@H](C[C@H]1O)OC(=CCCCC(=O)OC)C2(F)F. The summed E-state index contributed by atoms with van der Waals surface area (Å²) in [5, 5.41) is 20.9. The third kappa shape index (κ3) is 5.04. The first kappa shape index (κ1) is 24.4. The number of allylic oxidation sites excluding steroid dienone is 2. The van der Waals surface area contributed by atoms with Gasteiger partial charge in [-0.15, -0.1) is 12.5 Å². The number of carbonyl (C=O) groups is 1. The molecule has 1 aliphatic carbocycles. The Labute approximate surface area is 177 Å². The van der Waals surface area contributed by atoms with Gasteiger partial charge in [-0.25, -0.2) is 0 Å². The van der Waals surface area contributed by atoms with Crippen molar-refractivity contribution in [1.82, 2.24) is 0 Å². The van der Waals surface area contributed by atoms with Gasteiger partial charge in [0, 0.05) is 31.1 Å². The molecule has 1 saturated carbocycles. The van der Waals surface area contributed by atoms with Gasteiger partial charge in [0.2, 0.25) is 0 Å². The molecule has 2 unspecified atom stereocenters. The van der Waals surface area contributed by atoms with Crippen LogP contribution in [0, 0.1) is 35.5 Å². The monoisotopic (exact) mass is 426 g/mol. The normalized spacial score (nSPS) is 31.1. The summed E-state index contributed by atoms with van der Waals surface area (Å²) >= 11 is 0. The summed E-state index contributed by atoms with van der Waals surface area (Å²) in [7, 11) is 1.28. The lowest BCUT2D eigenvalue weighted by Gasteiger charge is -2.34. The number of methoxy groups -OCH3 is 1. The van der Waals surface area contributed by atoms with Crippen molar-refractivity contribution in [3.8, 4) is 11.8 Å². The van der Waals surface area contributed by atoms with E-state index in [4.69, 9.17) is 4.74 Å². The van der Waals surface area contributed by atoms with Gasteiger partial charge < -0.3 is 19.7 Å². The number of ether oxygens (including phenoxy) is 2. The molecule has 1 heterocycles. The Hall–Kier alpha value is -1.91. The van der Waals surface area contributed by atoms with Gasteiger partial charge in [-0.3, -0.25) is 4.79 Å². The first-order valence-electron chi connectivity index (χ1n) is 10.5. The molecular formula is C23H32F2O5. The number of esters is 1. The minimum atomic E-state index is -3.26. The van der Waals surface area contributed by atoms with Crippen LogP contribution in [0.4, 0.5) is 8.78 Å². The molecule has 0 radical (unpaired) electrons. The Morgan fingerprint density at radius 2 is 2.20 bits per heavy atom. The van der Waals surface area contributed by atoms with Crippen molar-refractivity contribution < 1.29 is 33.3 Å². The molecule has 0 spiro atoms. The van der Waals surface area contributed by atoms with Crippen LogP contribution < -0.4 is 0 Å². The molecule has 1 aliphatic heterocycles. The summed E-state index contributed by atoms with van der Waals surface area (Å²) in [5.41, 5.74) is 0. The van der Waals surface area contributed by atoms with Crippen molar-refractivity contribution in [2.24, 2.45) is 23.7 Å². The van der Waals surface area contributed by atoms with E-state index in [2.05, 4.69) is 23.2 Å². The van der Waals surface area contributed by atoms with Crippen LogP contribution in [0.2, 0.25) is 0 Å². The number of hydrogen-bond donors (Lipinski definition) is 2. The van der Waals surface area contributed by atoms with Gasteiger partial charge >= 0.3 is 11.9 Å². The fraction of sp³-hybridized carbons (Fsp3) is 0.696. The van der Waals surface area contributed by atoms with Crippen LogP contribution in [0.15, 0.2) is 24.5 Å². The van der Waals surface area contributed by atoms with Gasteiger partial charge in [-0.2, -0.15) is 8.78 Å². The molecule has 7 heteroatoms. The number of hydrogen-bond acceptors (Lipinski definition) is 5. The van der Waals surface area contributed by atoms with Crippen LogP contribution in [0.3, 0.4) is 0 Å². The fourth-order valence-corrected chi connectivity index (χ4v) is 4.49. The molecule has 30 heavy (non-hydrogen) atoms. The highest BCUT2D eigenvalue weighted by molar-refractivity contribution is 5.69. The number of halogens is 2. The largest absolute Gasteiger partial charge is 0.488 e. The predicted octanol–water partition coefficient (Wildman–Crippen LogP) is 3.46. The molecule has 0 aromatic rings. The maximum atomic E-state index is 15.3. The molecule has 168 valence electrons. The predicted molar refractivity (Wildman–Crippen MR) is 108 cm³/mol. The number of fused-ring (bicyclic) bond motifs is 1. The molecule has 2 N–H and O–H groups in total. The number of alkyl halides is 2. The highest BCUT2D eigenvalue weighted by Crippen LogP contribution is 2.56. The molecule has 0 aromatic heterocycles. The molecule has 0 aromatic carbocycles. The van der Waals surface area contributed by atoms with Gasteiger partial charge in [-0.1, -0.05) is 25.8 Å². The van der Waals surface area contributed by atoms with E-state index in [1.54, 1.807) is 6.92 Å². The quantitative estimate of drug-likeness (QED) is 0.269. The van der Waals surface area contributed by atoms with E-state index in [-0.39, 0.29) is 25.2 Å². The first-order valence-corrected chi connectivity index (χ1v) is 10.5. The van der Waals surface area contributed by atoms with Crippen molar-refractivity contribution in [3.63, 3.8) is 0 Å². The van der Waals surface area contributed by atoms with Crippen LogP contribution in [-0.4, -0.2) is 47.5 Å². The van der Waals surface area contributed by atoms with Crippen molar-refractivity contribution in [2.75, 3.05) is 7.11 Å². The summed E-state index contributed by atoms with van der Waals surface area (Å²) in [6, 6.07) is 0. The number of aliphatic hydroxyl groups excluding tert-OH is 2. The summed E-state index contributed by atoms with van der Waals surface area (Å²) in [6.45, 7) is 7.17. The molecule has 7 atom stereocenters. The molecule has 1 saturated heterocycles. The zero-order chi connectivity index (χ0) is 22.5. The smallest absolute Gasteiger partial charge is 0.310 e. The molecule has 0 bridgehead atoms. The highest BCUT2D eigenvalue weighted by atomic mass is 19.3. The Bertz CT molecular complexity index is 708. The number of carbonyl (C=O) groups excluding carboxylic acids is 1.